The number of nitrogen functional groups attached to an aromatic ring is 1. The van der Waals surface area contributed by atoms with Crippen LogP contribution < -0.4 is 15.0 Å². The predicted molar refractivity (Wildman–Crippen MR) is 252 cm³/mol. The predicted octanol–water partition coefficient (Wildman–Crippen LogP) is 11.3. The van der Waals surface area contributed by atoms with Gasteiger partial charge in [-0.15, -0.1) is 0 Å². The van der Waals surface area contributed by atoms with Gasteiger partial charge in [0.05, 0.1) is 36.0 Å². The lowest BCUT2D eigenvalue weighted by molar-refractivity contribution is -0.384. The Morgan fingerprint density at radius 1 is 0.833 bits per heavy atom. The molecule has 2 heterocycles. The van der Waals surface area contributed by atoms with Gasteiger partial charge in [0.2, 0.25) is 0 Å². The van der Waals surface area contributed by atoms with Crippen LogP contribution in [0, 0.1) is 21.4 Å². The number of unbranched alkanes of at least 4 members (excludes halogenated alkanes) is 15. The molecule has 364 valence electrons. The lowest BCUT2D eigenvalue weighted by atomic mass is 10.0. The van der Waals surface area contributed by atoms with E-state index in [1.807, 2.05) is 24.3 Å². The zero-order valence-corrected chi connectivity index (χ0v) is 39.9. The molecule has 66 heavy (non-hydrogen) atoms. The molecule has 4 rings (SSSR count). The first-order valence-electron chi connectivity index (χ1n) is 23.5. The summed E-state index contributed by atoms with van der Waals surface area (Å²) in [5.41, 5.74) is 6.86. The summed E-state index contributed by atoms with van der Waals surface area (Å²) in [6.45, 7) is 4.67. The molecule has 0 saturated carbocycles. The second-order valence-electron chi connectivity index (χ2n) is 16.9. The minimum atomic E-state index is -4.65. The first-order valence-corrected chi connectivity index (χ1v) is 24.9. The van der Waals surface area contributed by atoms with E-state index >= 15 is 0 Å². The molecule has 2 aromatic carbocycles. The van der Waals surface area contributed by atoms with Crippen molar-refractivity contribution < 1.29 is 47.1 Å². The number of phosphoric acid groups is 1. The smallest absolute Gasteiger partial charge is 0.491 e. The van der Waals surface area contributed by atoms with Gasteiger partial charge in [-0.05, 0) is 56.7 Å². The number of rotatable bonds is 37. The van der Waals surface area contributed by atoms with Gasteiger partial charge in [-0.25, -0.2) is 14.1 Å². The molecule has 0 fully saturated rings. The number of hydrogen-bond acceptors (Lipinski definition) is 15. The van der Waals surface area contributed by atoms with Crippen molar-refractivity contribution in [2.75, 3.05) is 38.8 Å². The molecule has 0 aliphatic rings. The maximum Gasteiger partial charge on any atom is 0.530 e. The van der Waals surface area contributed by atoms with Crippen LogP contribution in [0.1, 0.15) is 142 Å². The standard InChI is InChI=1S/C48H71N6O11P/c1-4-5-6-7-8-9-10-11-12-13-14-15-16-17-18-22-32-59-35-43(36-61-40-23-20-19-21-24-40)65-66(58,64-41-27-25-39(26-28-41)54(56)57)62-37-42(60-33-31-49)34-46(63-48(2,3)55)44-29-30-45-47(50)51-38-52-53(44)45/h19-21,23-30,38,42-43,46,55H,4-18,22,32-37H2,1-3H3,(H2,50,51,52)/t42-,43+,46+,66?/m0/s1. The van der Waals surface area contributed by atoms with Crippen molar-refractivity contribution in [3.63, 3.8) is 0 Å². The van der Waals surface area contributed by atoms with E-state index in [0.29, 0.717) is 23.6 Å². The molecule has 0 radical (unpaired) electrons. The van der Waals surface area contributed by atoms with Gasteiger partial charge in [0.15, 0.2) is 11.6 Å². The van der Waals surface area contributed by atoms with Gasteiger partial charge in [0, 0.05) is 25.2 Å². The molecule has 17 nitrogen and oxygen atoms in total. The Balaban J connectivity index is 1.40. The Bertz CT molecular complexity index is 2040. The monoisotopic (exact) mass is 938 g/mol. The summed E-state index contributed by atoms with van der Waals surface area (Å²) in [5, 5.41) is 36.0. The summed E-state index contributed by atoms with van der Waals surface area (Å²) in [4.78, 5) is 14.9. The van der Waals surface area contributed by atoms with Crippen LogP contribution >= 0.6 is 7.82 Å². The molecule has 0 amide bonds. The number of aromatic nitrogens is 3. The summed E-state index contributed by atoms with van der Waals surface area (Å²) in [6.07, 6.45) is 18.5. The van der Waals surface area contributed by atoms with Crippen molar-refractivity contribution in [3.05, 3.63) is 88.9 Å². The topological polar surface area (TPSA) is 225 Å². The van der Waals surface area contributed by atoms with Crippen LogP contribution in [0.15, 0.2) is 73.1 Å². The maximum atomic E-state index is 14.8. The lowest BCUT2D eigenvalue weighted by Crippen LogP contribution is -2.32. The van der Waals surface area contributed by atoms with E-state index in [1.54, 1.807) is 24.3 Å². The summed E-state index contributed by atoms with van der Waals surface area (Å²) in [5.74, 6) is -0.900. The van der Waals surface area contributed by atoms with E-state index < -0.39 is 43.5 Å². The number of benzene rings is 2. The van der Waals surface area contributed by atoms with Crippen LogP contribution in [0.3, 0.4) is 0 Å². The number of fused-ring (bicyclic) bond motifs is 1. The Kier molecular flexibility index (Phi) is 24.4. The van der Waals surface area contributed by atoms with E-state index in [2.05, 4.69) is 17.0 Å². The highest BCUT2D eigenvalue weighted by atomic mass is 31.2. The van der Waals surface area contributed by atoms with E-state index in [4.69, 9.17) is 38.3 Å². The second kappa shape index (κ2) is 29.9. The number of aliphatic hydroxyl groups is 1. The number of nitrogens with two attached hydrogens (primary N) is 1. The van der Waals surface area contributed by atoms with Crippen molar-refractivity contribution in [2.45, 2.75) is 154 Å². The fraction of sp³-hybridized carbons (Fsp3) is 0.604. The van der Waals surface area contributed by atoms with Gasteiger partial charge in [-0.1, -0.05) is 121 Å². The first kappa shape index (κ1) is 54.0. The van der Waals surface area contributed by atoms with Gasteiger partial charge in [-0.3, -0.25) is 19.2 Å². The molecule has 2 aromatic heterocycles. The molecule has 18 heteroatoms. The molecule has 0 bridgehead atoms. The van der Waals surface area contributed by atoms with Crippen molar-refractivity contribution in [2.24, 2.45) is 0 Å². The SMILES string of the molecule is CCCCCCCCCCCCCCCCCCOC[C@H](COc1ccccc1)OP(=O)(OC[C@H](C[C@@H](OC(C)(C)O)c1ccc2c(N)ncnn12)OCC#N)Oc1ccc([N+](=O)[O-])cc1. The zero-order chi connectivity index (χ0) is 47.5. The molecule has 4 atom stereocenters. The molecule has 0 aliphatic heterocycles. The fourth-order valence-electron chi connectivity index (χ4n) is 7.35. The van der Waals surface area contributed by atoms with E-state index in [0.717, 1.165) is 19.3 Å². The molecular weight excluding hydrogens is 868 g/mol. The number of nitrogens with zero attached hydrogens (tertiary/aromatic N) is 5. The lowest BCUT2D eigenvalue weighted by Gasteiger charge is -2.30. The first-order chi connectivity index (χ1) is 31.9. The number of anilines is 1. The maximum absolute atomic E-state index is 14.8. The molecular formula is C48H71N6O11P. The van der Waals surface area contributed by atoms with Crippen molar-refractivity contribution >= 4 is 24.8 Å². The molecule has 0 saturated heterocycles. The average molecular weight is 939 g/mol. The van der Waals surface area contributed by atoms with Gasteiger partial charge < -0.3 is 34.3 Å². The summed E-state index contributed by atoms with van der Waals surface area (Å²) in [7, 11) is -4.65. The second-order valence-corrected chi connectivity index (χ2v) is 18.4. The zero-order valence-electron chi connectivity index (χ0n) is 39.0. The summed E-state index contributed by atoms with van der Waals surface area (Å²) in [6, 6.07) is 19.4. The van der Waals surface area contributed by atoms with Crippen LogP contribution in [0.25, 0.3) is 5.52 Å². The van der Waals surface area contributed by atoms with Gasteiger partial charge in [0.25, 0.3) is 5.69 Å². The van der Waals surface area contributed by atoms with Crippen molar-refractivity contribution in [1.82, 2.24) is 14.6 Å². The number of nitro groups is 1. The number of non-ortho nitro benzene ring substituents is 1. The van der Waals surface area contributed by atoms with Crippen LogP contribution in [-0.2, 0) is 27.8 Å². The Morgan fingerprint density at radius 3 is 2.05 bits per heavy atom. The largest absolute Gasteiger partial charge is 0.530 e. The molecule has 0 spiro atoms. The van der Waals surface area contributed by atoms with Gasteiger partial charge in [0.1, 0.15) is 48.8 Å². The van der Waals surface area contributed by atoms with E-state index in [-0.39, 0.29) is 43.5 Å². The number of para-hydroxylation sites is 1. The third-order valence-corrected chi connectivity index (χ3v) is 12.2. The van der Waals surface area contributed by atoms with Gasteiger partial charge >= 0.3 is 7.82 Å². The Hall–Kier alpha value is -4.66. The van der Waals surface area contributed by atoms with Gasteiger partial charge in [-0.2, -0.15) is 10.4 Å². The molecule has 3 N–H and O–H groups in total. The third-order valence-electron chi connectivity index (χ3n) is 10.7. The number of ether oxygens (including phenoxy) is 4. The molecule has 1 unspecified atom stereocenters. The van der Waals surface area contributed by atoms with Crippen LogP contribution in [0.4, 0.5) is 11.5 Å². The molecule has 0 aliphatic carbocycles. The minimum Gasteiger partial charge on any atom is -0.491 e. The minimum absolute atomic E-state index is 0.0231. The Morgan fingerprint density at radius 2 is 1.45 bits per heavy atom. The highest BCUT2D eigenvalue weighted by molar-refractivity contribution is 7.49. The van der Waals surface area contributed by atoms with Crippen molar-refractivity contribution in [3.8, 4) is 17.6 Å². The Labute approximate surface area is 390 Å². The number of nitriles is 1. The highest BCUT2D eigenvalue weighted by Crippen LogP contribution is 2.51. The number of nitro benzene ring substituents is 1. The van der Waals surface area contributed by atoms with E-state index in [9.17, 15) is 25.0 Å². The third kappa shape index (κ3) is 20.9. The normalized spacial score (nSPS) is 14.0. The quantitative estimate of drug-likeness (QED) is 0.0141. The number of phosphoric ester groups is 1. The van der Waals surface area contributed by atoms with Crippen LogP contribution in [-0.4, -0.2) is 75.7 Å². The average Bonchev–Trinajstić information content (AvgIpc) is 3.74. The van der Waals surface area contributed by atoms with Crippen molar-refractivity contribution in [1.29, 1.82) is 5.26 Å². The number of hydrogen-bond donors (Lipinski definition) is 2. The van der Waals surface area contributed by atoms with E-state index in [1.165, 1.54) is 132 Å². The summed E-state index contributed by atoms with van der Waals surface area (Å²) >= 11 is 0. The fourth-order valence-corrected chi connectivity index (χ4v) is 8.72. The molecule has 4 aromatic rings. The highest BCUT2D eigenvalue weighted by Gasteiger charge is 2.36. The summed E-state index contributed by atoms with van der Waals surface area (Å²) < 4.78 is 58.4. The van der Waals surface area contributed by atoms with Crippen LogP contribution in [0.2, 0.25) is 0 Å². The van der Waals surface area contributed by atoms with Crippen LogP contribution in [0.5, 0.6) is 11.5 Å².